The standard InChI is InChI=1S/C21H27N3O3/c25-19-13-18(16-7-3-4-8-17(16)22-19)23-20(26)14-9-11-24(12-10-14)21(27)15-5-1-2-6-15/h3-4,7-8,14-15,18H,1-2,5-6,9-13H2,(H,22,25)(H,23,26)/t18-/m1/s1. The van der Waals surface area contributed by atoms with Gasteiger partial charge in [0.25, 0.3) is 0 Å². The number of nitrogens with zero attached hydrogens (tertiary/aromatic N) is 1. The van der Waals surface area contributed by atoms with Gasteiger partial charge >= 0.3 is 0 Å². The van der Waals surface area contributed by atoms with Crippen molar-refractivity contribution in [1.29, 1.82) is 0 Å². The van der Waals surface area contributed by atoms with E-state index in [9.17, 15) is 14.4 Å². The van der Waals surface area contributed by atoms with Crippen molar-refractivity contribution in [3.63, 3.8) is 0 Å². The molecule has 0 bridgehead atoms. The molecule has 0 spiro atoms. The number of hydrogen-bond donors (Lipinski definition) is 2. The summed E-state index contributed by atoms with van der Waals surface area (Å²) in [5, 5.41) is 5.92. The number of fused-ring (bicyclic) bond motifs is 1. The number of rotatable bonds is 3. The van der Waals surface area contributed by atoms with Gasteiger partial charge in [-0.15, -0.1) is 0 Å². The van der Waals surface area contributed by atoms with Crippen molar-refractivity contribution in [2.75, 3.05) is 18.4 Å². The zero-order chi connectivity index (χ0) is 18.8. The van der Waals surface area contributed by atoms with Crippen molar-refractivity contribution in [3.05, 3.63) is 29.8 Å². The quantitative estimate of drug-likeness (QED) is 0.860. The second-order valence-electron chi connectivity index (χ2n) is 7.98. The molecule has 2 heterocycles. The van der Waals surface area contributed by atoms with E-state index in [1.807, 2.05) is 29.2 Å². The maximum absolute atomic E-state index is 12.8. The highest BCUT2D eigenvalue weighted by atomic mass is 16.2. The molecular formula is C21H27N3O3. The first-order valence-corrected chi connectivity index (χ1v) is 10.1. The lowest BCUT2D eigenvalue weighted by Gasteiger charge is -2.34. The molecule has 1 aliphatic carbocycles. The minimum Gasteiger partial charge on any atom is -0.348 e. The summed E-state index contributed by atoms with van der Waals surface area (Å²) >= 11 is 0. The van der Waals surface area contributed by atoms with Crippen LogP contribution in [0.25, 0.3) is 0 Å². The zero-order valence-electron chi connectivity index (χ0n) is 15.6. The molecule has 27 heavy (non-hydrogen) atoms. The van der Waals surface area contributed by atoms with Crippen molar-refractivity contribution in [2.24, 2.45) is 11.8 Å². The number of carbonyl (C=O) groups is 3. The lowest BCUT2D eigenvalue weighted by atomic mass is 9.92. The molecule has 1 atom stereocenters. The topological polar surface area (TPSA) is 78.5 Å². The molecule has 4 rings (SSSR count). The normalized spacial score (nSPS) is 23.6. The Kier molecular flexibility index (Phi) is 5.14. The van der Waals surface area contributed by atoms with Gasteiger partial charge < -0.3 is 15.5 Å². The van der Waals surface area contributed by atoms with E-state index in [2.05, 4.69) is 10.6 Å². The van der Waals surface area contributed by atoms with E-state index in [1.165, 1.54) is 0 Å². The average molecular weight is 369 g/mol. The lowest BCUT2D eigenvalue weighted by molar-refractivity contribution is -0.139. The van der Waals surface area contributed by atoms with Crippen LogP contribution in [0.1, 0.15) is 56.6 Å². The van der Waals surface area contributed by atoms with E-state index < -0.39 is 0 Å². The fourth-order valence-electron chi connectivity index (χ4n) is 4.62. The maximum Gasteiger partial charge on any atom is 0.226 e. The Bertz CT molecular complexity index is 734. The van der Waals surface area contributed by atoms with Crippen molar-refractivity contribution in [1.82, 2.24) is 10.2 Å². The largest absolute Gasteiger partial charge is 0.348 e. The van der Waals surface area contributed by atoms with Crippen LogP contribution in [-0.2, 0) is 14.4 Å². The fourth-order valence-corrected chi connectivity index (χ4v) is 4.62. The monoisotopic (exact) mass is 369 g/mol. The number of carbonyl (C=O) groups excluding carboxylic acids is 3. The molecule has 1 aromatic rings. The Morgan fingerprint density at radius 3 is 2.44 bits per heavy atom. The van der Waals surface area contributed by atoms with Gasteiger partial charge in [-0.1, -0.05) is 31.0 Å². The number of likely N-dealkylation sites (tertiary alicyclic amines) is 1. The van der Waals surface area contributed by atoms with E-state index in [-0.39, 0.29) is 42.0 Å². The van der Waals surface area contributed by atoms with Gasteiger partial charge in [-0.05, 0) is 37.3 Å². The molecule has 3 aliphatic rings. The van der Waals surface area contributed by atoms with Gasteiger partial charge in [0.15, 0.2) is 0 Å². The number of anilines is 1. The predicted molar refractivity (Wildman–Crippen MR) is 102 cm³/mol. The summed E-state index contributed by atoms with van der Waals surface area (Å²) < 4.78 is 0. The summed E-state index contributed by atoms with van der Waals surface area (Å²) in [6.45, 7) is 1.32. The highest BCUT2D eigenvalue weighted by Gasteiger charge is 2.33. The first-order chi connectivity index (χ1) is 13.1. The number of hydrogen-bond acceptors (Lipinski definition) is 3. The third-order valence-corrected chi connectivity index (χ3v) is 6.20. The van der Waals surface area contributed by atoms with Crippen LogP contribution in [0.3, 0.4) is 0 Å². The fraction of sp³-hybridized carbons (Fsp3) is 0.571. The molecule has 1 saturated carbocycles. The first kappa shape index (κ1) is 18.0. The third-order valence-electron chi connectivity index (χ3n) is 6.20. The van der Waals surface area contributed by atoms with Gasteiger partial charge in [-0.3, -0.25) is 14.4 Å². The second-order valence-corrected chi connectivity index (χ2v) is 7.98. The summed E-state index contributed by atoms with van der Waals surface area (Å²) in [6.07, 6.45) is 6.01. The summed E-state index contributed by atoms with van der Waals surface area (Å²) in [5.41, 5.74) is 1.73. The molecule has 2 aliphatic heterocycles. The van der Waals surface area contributed by atoms with Crippen LogP contribution in [0.4, 0.5) is 5.69 Å². The maximum atomic E-state index is 12.8. The van der Waals surface area contributed by atoms with Crippen LogP contribution in [0.2, 0.25) is 0 Å². The minimum absolute atomic E-state index is 0.00234. The van der Waals surface area contributed by atoms with Crippen LogP contribution in [0.5, 0.6) is 0 Å². The number of benzene rings is 1. The molecule has 0 unspecified atom stereocenters. The summed E-state index contributed by atoms with van der Waals surface area (Å²) in [5.74, 6) is 0.320. The van der Waals surface area contributed by atoms with E-state index in [1.54, 1.807) is 0 Å². The van der Waals surface area contributed by atoms with Gasteiger partial charge in [0.2, 0.25) is 17.7 Å². The molecular weight excluding hydrogens is 342 g/mol. The molecule has 2 fully saturated rings. The van der Waals surface area contributed by atoms with E-state index in [0.29, 0.717) is 25.9 Å². The summed E-state index contributed by atoms with van der Waals surface area (Å²) in [7, 11) is 0. The van der Waals surface area contributed by atoms with Crippen LogP contribution in [-0.4, -0.2) is 35.7 Å². The molecule has 144 valence electrons. The SMILES string of the molecule is O=C1C[C@@H](NC(=O)C2CCN(C(=O)C3CCCC3)CC2)c2ccccc2N1. The zero-order valence-corrected chi connectivity index (χ0v) is 15.6. The van der Waals surface area contributed by atoms with E-state index >= 15 is 0 Å². The molecule has 2 N–H and O–H groups in total. The molecule has 6 heteroatoms. The predicted octanol–water partition coefficient (Wildman–Crippen LogP) is 2.61. The molecule has 1 aromatic carbocycles. The average Bonchev–Trinajstić information content (AvgIpc) is 3.22. The molecule has 6 nitrogen and oxygen atoms in total. The van der Waals surface area contributed by atoms with E-state index in [0.717, 1.165) is 36.9 Å². The molecule has 0 aromatic heterocycles. The van der Waals surface area contributed by atoms with Crippen LogP contribution >= 0.6 is 0 Å². The van der Waals surface area contributed by atoms with Crippen LogP contribution < -0.4 is 10.6 Å². The Balaban J connectivity index is 1.33. The van der Waals surface area contributed by atoms with Gasteiger partial charge in [0.05, 0.1) is 12.5 Å². The minimum atomic E-state index is -0.277. The lowest BCUT2D eigenvalue weighted by Crippen LogP contribution is -2.45. The van der Waals surface area contributed by atoms with Crippen molar-refractivity contribution in [2.45, 2.75) is 51.0 Å². The van der Waals surface area contributed by atoms with Crippen molar-refractivity contribution >= 4 is 23.4 Å². The Labute approximate surface area is 159 Å². The highest BCUT2D eigenvalue weighted by molar-refractivity contribution is 5.95. The molecule has 0 radical (unpaired) electrons. The number of nitrogens with one attached hydrogen (secondary N) is 2. The summed E-state index contributed by atoms with van der Waals surface area (Å²) in [4.78, 5) is 39.2. The Morgan fingerprint density at radius 1 is 1.00 bits per heavy atom. The number of amides is 3. The van der Waals surface area contributed by atoms with Gasteiger partial charge in [0.1, 0.15) is 0 Å². The van der Waals surface area contributed by atoms with E-state index in [4.69, 9.17) is 0 Å². The molecule has 3 amide bonds. The van der Waals surface area contributed by atoms with Gasteiger partial charge in [-0.25, -0.2) is 0 Å². The van der Waals surface area contributed by atoms with Crippen molar-refractivity contribution in [3.8, 4) is 0 Å². The second kappa shape index (κ2) is 7.71. The van der Waals surface area contributed by atoms with Crippen LogP contribution in [0.15, 0.2) is 24.3 Å². The Hall–Kier alpha value is -2.37. The Morgan fingerprint density at radius 2 is 1.70 bits per heavy atom. The smallest absolute Gasteiger partial charge is 0.226 e. The highest BCUT2D eigenvalue weighted by Crippen LogP contribution is 2.31. The summed E-state index contributed by atoms with van der Waals surface area (Å²) in [6, 6.07) is 7.32. The van der Waals surface area contributed by atoms with Gasteiger partial charge in [-0.2, -0.15) is 0 Å². The number of piperidine rings is 1. The van der Waals surface area contributed by atoms with Crippen molar-refractivity contribution < 1.29 is 14.4 Å². The molecule has 1 saturated heterocycles. The third kappa shape index (κ3) is 3.84. The van der Waals surface area contributed by atoms with Crippen LogP contribution in [0, 0.1) is 11.8 Å². The first-order valence-electron chi connectivity index (χ1n) is 10.1. The number of para-hydroxylation sites is 1. The van der Waals surface area contributed by atoms with Gasteiger partial charge in [0, 0.05) is 30.6 Å².